The first-order chi connectivity index (χ1) is 14.4. The molecule has 0 bridgehead atoms. The Morgan fingerprint density at radius 3 is 2.00 bits per heavy atom. The molecule has 2 aliphatic carbocycles. The summed E-state index contributed by atoms with van der Waals surface area (Å²) in [5.41, 5.74) is 11.0. The van der Waals surface area contributed by atoms with Crippen LogP contribution < -0.4 is 28.1 Å². The van der Waals surface area contributed by atoms with Gasteiger partial charge in [0.1, 0.15) is 0 Å². The van der Waals surface area contributed by atoms with Gasteiger partial charge in [-0.1, -0.05) is 0 Å². The summed E-state index contributed by atoms with van der Waals surface area (Å²) in [6, 6.07) is 12.1. The zero-order valence-corrected chi connectivity index (χ0v) is 25.7. The molecule has 0 atom stereocenters. The third-order valence-electron chi connectivity index (χ3n) is 6.87. The van der Waals surface area contributed by atoms with Crippen LogP contribution in [0, 0.1) is 0 Å². The predicted octanol–water partition coefficient (Wildman–Crippen LogP) is 1.55. The van der Waals surface area contributed by atoms with E-state index in [9.17, 15) is 0 Å². The molecule has 0 aliphatic heterocycles. The Balaban J connectivity index is 0.00000193. The average molecular weight is 561 g/mol. The molecule has 0 spiro atoms. The normalized spacial score (nSPS) is 14.2. The predicted molar refractivity (Wildman–Crippen MR) is 135 cm³/mol. The van der Waals surface area contributed by atoms with Crippen LogP contribution in [0.5, 0.6) is 0 Å². The Hall–Kier alpha value is -0.747. The zero-order chi connectivity index (χ0) is 22.7. The summed E-state index contributed by atoms with van der Waals surface area (Å²) in [4.78, 5) is 0. The summed E-state index contributed by atoms with van der Waals surface area (Å²) in [6.45, 7) is 21.3. The van der Waals surface area contributed by atoms with Crippen LogP contribution in [-0.4, -0.2) is 3.21 Å². The van der Waals surface area contributed by atoms with Crippen molar-refractivity contribution < 1.29 is 46.1 Å². The van der Waals surface area contributed by atoms with E-state index < -0.39 is 21.3 Å². The van der Waals surface area contributed by atoms with Crippen LogP contribution in [0.15, 0.2) is 51.3 Å². The molecule has 0 saturated heterocycles. The molecule has 4 rings (SSSR count). The van der Waals surface area contributed by atoms with E-state index in [4.69, 9.17) is 0 Å². The van der Waals surface area contributed by atoms with E-state index in [0.29, 0.717) is 0 Å². The maximum Gasteiger partial charge on any atom is -1.00 e. The van der Waals surface area contributed by atoms with Crippen LogP contribution in [0.2, 0.25) is 0 Å². The molecule has 2 aromatic carbocycles. The Kier molecular flexibility index (Phi) is 8.71. The second-order valence-electron chi connectivity index (χ2n) is 11.8. The van der Waals surface area contributed by atoms with E-state index in [2.05, 4.69) is 105 Å². The van der Waals surface area contributed by atoms with E-state index in [0.717, 1.165) is 6.42 Å². The molecule has 0 N–H and O–H groups in total. The summed E-state index contributed by atoms with van der Waals surface area (Å²) in [5, 5.41) is 0. The van der Waals surface area contributed by atoms with Gasteiger partial charge in [-0.15, -0.1) is 0 Å². The molecule has 33 heavy (non-hydrogen) atoms. The van der Waals surface area contributed by atoms with Gasteiger partial charge >= 0.3 is 198 Å². The fraction of sp³-hybridized carbons (Fsp3) is 0.433. The van der Waals surface area contributed by atoms with Crippen LogP contribution in [0.1, 0.15) is 91.0 Å². The van der Waals surface area contributed by atoms with Gasteiger partial charge in [0.15, 0.2) is 0 Å². The quantitative estimate of drug-likeness (QED) is 0.447. The maximum absolute atomic E-state index is 2.52. The Morgan fingerprint density at radius 2 is 1.48 bits per heavy atom. The van der Waals surface area contributed by atoms with E-state index in [1.807, 2.05) is 0 Å². The molecular weight excluding hydrogens is 522 g/mol. The molecule has 176 valence electrons. The first-order valence-corrected chi connectivity index (χ1v) is 15.4. The summed E-state index contributed by atoms with van der Waals surface area (Å²) in [6.07, 6.45) is 7.22. The van der Waals surface area contributed by atoms with Gasteiger partial charge in [-0.3, -0.25) is 0 Å². The topological polar surface area (TPSA) is 0 Å². The molecule has 0 unspecified atom stereocenters. The Bertz CT molecular complexity index is 1160. The minimum Gasteiger partial charge on any atom is -1.00 e. The second kappa shape index (κ2) is 10.1. The molecule has 0 amide bonds. The number of halogens is 2. The largest absolute Gasteiger partial charge is 1.00 e. The van der Waals surface area contributed by atoms with Gasteiger partial charge in [0.05, 0.1) is 0 Å². The van der Waals surface area contributed by atoms with Crippen LogP contribution in [0.3, 0.4) is 0 Å². The van der Waals surface area contributed by atoms with E-state index >= 15 is 0 Å². The molecule has 3 heteroatoms. The van der Waals surface area contributed by atoms with Gasteiger partial charge in [-0.2, -0.15) is 0 Å². The molecule has 0 heterocycles. The van der Waals surface area contributed by atoms with Gasteiger partial charge in [-0.05, 0) is 0 Å². The van der Waals surface area contributed by atoms with E-state index in [1.165, 1.54) is 34.2 Å². The fourth-order valence-corrected chi connectivity index (χ4v) is 13.6. The number of hydrogen-bond donors (Lipinski definition) is 0. The molecule has 0 nitrogen and oxygen atoms in total. The van der Waals surface area contributed by atoms with Gasteiger partial charge in [0.25, 0.3) is 0 Å². The fourth-order valence-electron chi connectivity index (χ4n) is 5.22. The number of benzene rings is 2. The Morgan fingerprint density at radius 1 is 0.848 bits per heavy atom. The van der Waals surface area contributed by atoms with E-state index in [1.54, 1.807) is 20.9 Å². The van der Waals surface area contributed by atoms with Crippen molar-refractivity contribution in [3.63, 3.8) is 0 Å². The van der Waals surface area contributed by atoms with Crippen LogP contribution in [-0.2, 0) is 38.5 Å². The van der Waals surface area contributed by atoms with Crippen LogP contribution in [0.4, 0.5) is 0 Å². The third-order valence-corrected chi connectivity index (χ3v) is 14.4. The van der Waals surface area contributed by atoms with Crippen molar-refractivity contribution in [1.29, 1.82) is 0 Å². The minimum absolute atomic E-state index is 0. The SMILES string of the molecule is CC1=CC[C]([Zr+2](=[C](C)C)[c]2c(C(C)(C)C)ccc3c2Cc2cc(C(C)(C)C)ccc2-3)=C1.[Cl-].[Cl-]. The second-order valence-corrected chi connectivity index (χ2v) is 18.9. The van der Waals surface area contributed by atoms with Gasteiger partial charge in [0, 0.05) is 0 Å². The van der Waals surface area contributed by atoms with Gasteiger partial charge < -0.3 is 24.8 Å². The Labute approximate surface area is 221 Å². The molecule has 2 aromatic rings. The van der Waals surface area contributed by atoms with Crippen molar-refractivity contribution in [3.8, 4) is 11.1 Å². The standard InChI is InChI=1S/C21H25.C6H7.C3H6.2ClH.Zr/c1-20(2,3)16-7-9-18-14(12-16)11-15-13-17(21(4,5)6)8-10-19(15)18;1-6-4-2-3-5-6;1-3-2;;;/h7-10,12H,11H2,1-6H3;4-5H,2H2,1H3;1-2H3;2*1H;/q;;;;;+2/p-2. The first kappa shape index (κ1) is 28.5. The van der Waals surface area contributed by atoms with Gasteiger partial charge in [-0.25, -0.2) is 0 Å². The van der Waals surface area contributed by atoms with Crippen molar-refractivity contribution in [2.24, 2.45) is 0 Å². The summed E-state index contributed by atoms with van der Waals surface area (Å²) in [5.74, 6) is 0. The number of rotatable bonds is 2. The number of fused-ring (bicyclic) bond motifs is 3. The monoisotopic (exact) mass is 558 g/mol. The maximum atomic E-state index is 2.52. The van der Waals surface area contributed by atoms with Crippen molar-refractivity contribution in [2.75, 3.05) is 0 Å². The molecule has 0 fully saturated rings. The molecule has 0 saturated carbocycles. The van der Waals surface area contributed by atoms with Crippen molar-refractivity contribution in [3.05, 3.63) is 73.6 Å². The summed E-state index contributed by atoms with van der Waals surface area (Å²) >= 11 is -2.14. The van der Waals surface area contributed by atoms with Crippen LogP contribution >= 0.6 is 0 Å². The molecular formula is C30H38Cl2Zr. The molecule has 2 aliphatic rings. The number of allylic oxidation sites excluding steroid dienone is 4. The average Bonchev–Trinajstić information content (AvgIpc) is 3.23. The van der Waals surface area contributed by atoms with Crippen molar-refractivity contribution >= 4 is 6.48 Å². The van der Waals surface area contributed by atoms with Gasteiger partial charge in [0.2, 0.25) is 0 Å². The minimum atomic E-state index is -2.14. The third kappa shape index (κ3) is 5.42. The zero-order valence-electron chi connectivity index (χ0n) is 21.7. The van der Waals surface area contributed by atoms with Crippen LogP contribution in [0.25, 0.3) is 11.1 Å². The smallest absolute Gasteiger partial charge is 1.00 e. The molecule has 0 radical (unpaired) electrons. The first-order valence-electron chi connectivity index (χ1n) is 11.7. The molecule has 0 aromatic heterocycles. The van der Waals surface area contributed by atoms with Crippen molar-refractivity contribution in [2.45, 2.75) is 86.0 Å². The summed E-state index contributed by atoms with van der Waals surface area (Å²) in [7, 11) is 0. The van der Waals surface area contributed by atoms with E-state index in [-0.39, 0.29) is 35.6 Å². The van der Waals surface area contributed by atoms with Crippen molar-refractivity contribution in [1.82, 2.24) is 0 Å². The number of hydrogen-bond acceptors (Lipinski definition) is 0. The summed E-state index contributed by atoms with van der Waals surface area (Å²) < 4.78 is 5.22.